The standard InChI is InChI=1S/C13H17N3O4/c1-2-5-14-11(17)10-7-15-13(19)16(12(10)18)8-9-4-3-6-20-9/h2,7,9H,1,3-6,8H2,(H,14,17)(H,15,19). The minimum absolute atomic E-state index is 0.0931. The van der Waals surface area contributed by atoms with Crippen molar-refractivity contribution in [1.29, 1.82) is 0 Å². The van der Waals surface area contributed by atoms with E-state index in [0.29, 0.717) is 6.61 Å². The molecule has 1 amide bonds. The van der Waals surface area contributed by atoms with Gasteiger partial charge in [-0.2, -0.15) is 0 Å². The summed E-state index contributed by atoms with van der Waals surface area (Å²) in [6.45, 7) is 4.53. The minimum Gasteiger partial charge on any atom is -0.376 e. The highest BCUT2D eigenvalue weighted by Gasteiger charge is 2.20. The summed E-state index contributed by atoms with van der Waals surface area (Å²) in [6.07, 6.45) is 4.21. The maximum Gasteiger partial charge on any atom is 0.328 e. The molecule has 20 heavy (non-hydrogen) atoms. The average molecular weight is 279 g/mol. The molecule has 108 valence electrons. The Morgan fingerprint density at radius 2 is 2.40 bits per heavy atom. The monoisotopic (exact) mass is 279 g/mol. The summed E-state index contributed by atoms with van der Waals surface area (Å²) in [5.74, 6) is -0.535. The first-order valence-electron chi connectivity index (χ1n) is 6.46. The Bertz CT molecular complexity index is 611. The van der Waals surface area contributed by atoms with Crippen molar-refractivity contribution in [2.45, 2.75) is 25.5 Å². The second-order valence-corrected chi connectivity index (χ2v) is 4.56. The lowest BCUT2D eigenvalue weighted by Crippen LogP contribution is -2.42. The normalized spacial score (nSPS) is 17.9. The fraction of sp³-hybridized carbons (Fsp3) is 0.462. The molecule has 7 heteroatoms. The van der Waals surface area contributed by atoms with E-state index in [0.717, 1.165) is 23.6 Å². The molecule has 2 heterocycles. The van der Waals surface area contributed by atoms with Gasteiger partial charge in [0.1, 0.15) is 5.56 Å². The number of carbonyl (C=O) groups is 1. The van der Waals surface area contributed by atoms with Crippen molar-refractivity contribution in [3.63, 3.8) is 0 Å². The zero-order valence-electron chi connectivity index (χ0n) is 11.1. The van der Waals surface area contributed by atoms with E-state index < -0.39 is 17.2 Å². The van der Waals surface area contributed by atoms with E-state index in [1.807, 2.05) is 0 Å². The van der Waals surface area contributed by atoms with Crippen LogP contribution in [0.5, 0.6) is 0 Å². The zero-order valence-corrected chi connectivity index (χ0v) is 11.1. The molecule has 1 saturated heterocycles. The van der Waals surface area contributed by atoms with Crippen molar-refractivity contribution >= 4 is 5.91 Å². The number of nitrogens with one attached hydrogen (secondary N) is 2. The predicted molar refractivity (Wildman–Crippen MR) is 72.8 cm³/mol. The van der Waals surface area contributed by atoms with Crippen LogP contribution in [0.15, 0.2) is 28.4 Å². The number of amides is 1. The van der Waals surface area contributed by atoms with E-state index in [2.05, 4.69) is 16.9 Å². The van der Waals surface area contributed by atoms with Crippen LogP contribution in [0, 0.1) is 0 Å². The van der Waals surface area contributed by atoms with Gasteiger partial charge in [-0.3, -0.25) is 14.2 Å². The molecule has 1 atom stereocenters. The predicted octanol–water partition coefficient (Wildman–Crippen LogP) is -0.369. The van der Waals surface area contributed by atoms with Crippen molar-refractivity contribution in [3.05, 3.63) is 45.3 Å². The Balaban J connectivity index is 2.27. The van der Waals surface area contributed by atoms with Gasteiger partial charge in [0.05, 0.1) is 12.6 Å². The summed E-state index contributed by atoms with van der Waals surface area (Å²) < 4.78 is 6.42. The maximum absolute atomic E-state index is 12.2. The summed E-state index contributed by atoms with van der Waals surface area (Å²) in [4.78, 5) is 38.1. The third kappa shape index (κ3) is 3.05. The fourth-order valence-electron chi connectivity index (χ4n) is 2.09. The largest absolute Gasteiger partial charge is 0.376 e. The van der Waals surface area contributed by atoms with Crippen LogP contribution in [0.4, 0.5) is 0 Å². The maximum atomic E-state index is 12.2. The van der Waals surface area contributed by atoms with Crippen LogP contribution >= 0.6 is 0 Å². The van der Waals surface area contributed by atoms with Crippen molar-refractivity contribution in [3.8, 4) is 0 Å². The van der Waals surface area contributed by atoms with Crippen molar-refractivity contribution in [2.24, 2.45) is 0 Å². The third-order valence-corrected chi connectivity index (χ3v) is 3.12. The molecule has 0 bridgehead atoms. The van der Waals surface area contributed by atoms with Crippen molar-refractivity contribution < 1.29 is 9.53 Å². The van der Waals surface area contributed by atoms with Gasteiger partial charge >= 0.3 is 5.69 Å². The van der Waals surface area contributed by atoms with Crippen LogP contribution in [0.1, 0.15) is 23.2 Å². The van der Waals surface area contributed by atoms with Crippen LogP contribution < -0.4 is 16.6 Å². The molecule has 0 radical (unpaired) electrons. The molecular formula is C13H17N3O4. The van der Waals surface area contributed by atoms with Crippen molar-refractivity contribution in [1.82, 2.24) is 14.9 Å². The summed E-state index contributed by atoms with van der Waals surface area (Å²) in [5, 5.41) is 2.51. The smallest absolute Gasteiger partial charge is 0.328 e. The minimum atomic E-state index is -0.606. The van der Waals surface area contributed by atoms with Crippen LogP contribution in [0.2, 0.25) is 0 Å². The molecule has 1 aromatic heterocycles. The van der Waals surface area contributed by atoms with Gasteiger partial charge in [-0.05, 0) is 12.8 Å². The van der Waals surface area contributed by atoms with E-state index in [1.54, 1.807) is 0 Å². The summed E-state index contributed by atoms with van der Waals surface area (Å²) in [6, 6.07) is 0. The van der Waals surface area contributed by atoms with E-state index in [1.165, 1.54) is 6.08 Å². The Kier molecular flexibility index (Phi) is 4.52. The number of ether oxygens (including phenoxy) is 1. The first-order valence-corrected chi connectivity index (χ1v) is 6.46. The second-order valence-electron chi connectivity index (χ2n) is 4.56. The van der Waals surface area contributed by atoms with Gasteiger partial charge in [0, 0.05) is 19.3 Å². The van der Waals surface area contributed by atoms with Gasteiger partial charge in [-0.15, -0.1) is 6.58 Å². The Hall–Kier alpha value is -2.15. The van der Waals surface area contributed by atoms with Gasteiger partial charge in [0.15, 0.2) is 0 Å². The Labute approximate surface area is 115 Å². The van der Waals surface area contributed by atoms with Crippen LogP contribution in [-0.4, -0.2) is 34.7 Å². The lowest BCUT2D eigenvalue weighted by Gasteiger charge is -2.11. The fourth-order valence-corrected chi connectivity index (χ4v) is 2.09. The van der Waals surface area contributed by atoms with E-state index in [4.69, 9.17) is 4.74 Å². The number of hydrogen-bond acceptors (Lipinski definition) is 4. The molecule has 1 aliphatic heterocycles. The molecule has 0 aliphatic carbocycles. The van der Waals surface area contributed by atoms with E-state index >= 15 is 0 Å². The molecule has 1 unspecified atom stereocenters. The number of rotatable bonds is 5. The molecule has 0 aromatic carbocycles. The second kappa shape index (κ2) is 6.33. The van der Waals surface area contributed by atoms with Crippen LogP contribution in [-0.2, 0) is 11.3 Å². The van der Waals surface area contributed by atoms with Gasteiger partial charge in [0.25, 0.3) is 11.5 Å². The van der Waals surface area contributed by atoms with Crippen LogP contribution in [0.3, 0.4) is 0 Å². The molecule has 2 rings (SSSR count). The third-order valence-electron chi connectivity index (χ3n) is 3.12. The highest BCUT2D eigenvalue weighted by Crippen LogP contribution is 2.12. The number of hydrogen-bond donors (Lipinski definition) is 2. The lowest BCUT2D eigenvalue weighted by atomic mass is 10.2. The molecule has 1 fully saturated rings. The summed E-state index contributed by atoms with van der Waals surface area (Å²) >= 11 is 0. The van der Waals surface area contributed by atoms with Gasteiger partial charge in [-0.25, -0.2) is 4.79 Å². The van der Waals surface area contributed by atoms with Gasteiger partial charge in [0.2, 0.25) is 0 Å². The Morgan fingerprint density at radius 3 is 3.05 bits per heavy atom. The molecule has 1 aliphatic rings. The van der Waals surface area contributed by atoms with Gasteiger partial charge in [-0.1, -0.05) is 6.08 Å². The molecule has 0 saturated carbocycles. The summed E-state index contributed by atoms with van der Waals surface area (Å²) in [5.41, 5.74) is -1.24. The number of nitrogens with zero attached hydrogens (tertiary/aromatic N) is 1. The quantitative estimate of drug-likeness (QED) is 0.719. The molecule has 7 nitrogen and oxygen atoms in total. The molecular weight excluding hydrogens is 262 g/mol. The molecule has 0 spiro atoms. The highest BCUT2D eigenvalue weighted by molar-refractivity contribution is 5.93. The van der Waals surface area contributed by atoms with Crippen LogP contribution in [0.25, 0.3) is 0 Å². The lowest BCUT2D eigenvalue weighted by molar-refractivity contribution is 0.0925. The first kappa shape index (κ1) is 14.3. The highest BCUT2D eigenvalue weighted by atomic mass is 16.5. The topological polar surface area (TPSA) is 93.2 Å². The molecule has 1 aromatic rings. The number of H-pyrrole nitrogens is 1. The SMILES string of the molecule is C=CCNC(=O)c1c[nH]c(=O)n(CC2CCCO2)c1=O. The first-order chi connectivity index (χ1) is 9.63. The average Bonchev–Trinajstić information content (AvgIpc) is 2.94. The van der Waals surface area contributed by atoms with Gasteiger partial charge < -0.3 is 15.0 Å². The number of aromatic nitrogens is 2. The van der Waals surface area contributed by atoms with E-state index in [9.17, 15) is 14.4 Å². The number of aromatic amines is 1. The van der Waals surface area contributed by atoms with Crippen molar-refractivity contribution in [2.75, 3.05) is 13.2 Å². The van der Waals surface area contributed by atoms with E-state index in [-0.39, 0.29) is 24.8 Å². The summed E-state index contributed by atoms with van der Waals surface area (Å²) in [7, 11) is 0. The molecule has 2 N–H and O–H groups in total. The zero-order chi connectivity index (χ0) is 14.5. The number of carbonyl (C=O) groups excluding carboxylic acids is 1. The Morgan fingerprint density at radius 1 is 1.60 bits per heavy atom.